The van der Waals surface area contributed by atoms with Crippen LogP contribution in [0.25, 0.3) is 0 Å². The molecule has 3 heterocycles. The molecule has 0 bridgehead atoms. The van der Waals surface area contributed by atoms with Crippen LogP contribution in [0.2, 0.25) is 0 Å². The highest BCUT2D eigenvalue weighted by Gasteiger charge is 2.65. The van der Waals surface area contributed by atoms with Crippen LogP contribution < -0.4 is 15.1 Å². The Hall–Kier alpha value is -3.79. The van der Waals surface area contributed by atoms with Gasteiger partial charge in [0.15, 0.2) is 5.41 Å². The molecule has 4 atom stereocenters. The molecule has 3 aliphatic rings. The first-order chi connectivity index (χ1) is 16.1. The lowest BCUT2D eigenvalue weighted by atomic mass is 9.66. The summed E-state index contributed by atoms with van der Waals surface area (Å²) >= 11 is 0. The minimum absolute atomic E-state index is 0.0898. The molecular weight excluding hydrogens is 440 g/mol. The summed E-state index contributed by atoms with van der Waals surface area (Å²) in [5.41, 5.74) is 0.593. The molecule has 1 N–H and O–H groups in total. The van der Waals surface area contributed by atoms with Crippen molar-refractivity contribution in [2.45, 2.75) is 45.4 Å². The second kappa shape index (κ2) is 7.63. The maximum atomic E-state index is 14.2. The number of carbonyl (C=O) groups excluding carboxylic acids is 3. The van der Waals surface area contributed by atoms with Crippen LogP contribution in [0.4, 0.5) is 21.9 Å². The number of morpholine rings is 1. The normalized spacial score (nSPS) is 28.4. The van der Waals surface area contributed by atoms with Crippen molar-refractivity contribution in [3.05, 3.63) is 63.7 Å². The summed E-state index contributed by atoms with van der Waals surface area (Å²) in [5.74, 6) is -1.38. The third-order valence-electron chi connectivity index (χ3n) is 6.91. The number of hydrogen-bond donors (Lipinski definition) is 1. The van der Waals surface area contributed by atoms with Crippen LogP contribution in [-0.2, 0) is 20.7 Å². The zero-order chi connectivity index (χ0) is 24.4. The number of aryl methyl sites for hydroxylation is 1. The highest BCUT2D eigenvalue weighted by molar-refractivity contribution is 6.30. The number of imide groups is 2. The van der Waals surface area contributed by atoms with Crippen LogP contribution in [0.1, 0.15) is 25.0 Å². The Bertz CT molecular complexity index is 1250. The number of rotatable bonds is 2. The molecule has 0 saturated carbocycles. The van der Waals surface area contributed by atoms with E-state index in [2.05, 4.69) is 5.32 Å². The van der Waals surface area contributed by atoms with E-state index in [1.165, 1.54) is 12.1 Å². The summed E-state index contributed by atoms with van der Waals surface area (Å²) in [7, 11) is 0. The topological polar surface area (TPSA) is 122 Å². The van der Waals surface area contributed by atoms with Gasteiger partial charge in [-0.2, -0.15) is 0 Å². The van der Waals surface area contributed by atoms with E-state index in [1.807, 2.05) is 24.8 Å². The number of benzene rings is 2. The first kappa shape index (κ1) is 22.0. The van der Waals surface area contributed by atoms with Gasteiger partial charge in [-0.05, 0) is 50.1 Å². The lowest BCUT2D eigenvalue weighted by Gasteiger charge is -2.56. The van der Waals surface area contributed by atoms with Crippen LogP contribution >= 0.6 is 0 Å². The second-order valence-corrected chi connectivity index (χ2v) is 9.21. The van der Waals surface area contributed by atoms with Crippen LogP contribution in [-0.4, -0.2) is 47.6 Å². The van der Waals surface area contributed by atoms with Crippen molar-refractivity contribution < 1.29 is 24.0 Å². The molecule has 176 valence electrons. The van der Waals surface area contributed by atoms with E-state index in [9.17, 15) is 24.5 Å². The fourth-order valence-corrected chi connectivity index (χ4v) is 5.63. The third-order valence-corrected chi connectivity index (χ3v) is 6.91. The summed E-state index contributed by atoms with van der Waals surface area (Å²) in [6.45, 7) is 5.93. The third kappa shape index (κ3) is 3.09. The summed E-state index contributed by atoms with van der Waals surface area (Å²) in [4.78, 5) is 54.5. The molecule has 4 amide bonds. The minimum atomic E-state index is -1.71. The van der Waals surface area contributed by atoms with Gasteiger partial charge in [0.25, 0.3) is 11.6 Å². The number of barbiturate groups is 1. The van der Waals surface area contributed by atoms with Crippen LogP contribution in [0.5, 0.6) is 0 Å². The number of non-ortho nitro benzene ring substituents is 1. The van der Waals surface area contributed by atoms with Gasteiger partial charge in [0, 0.05) is 30.8 Å². The molecule has 0 unspecified atom stereocenters. The Morgan fingerprint density at radius 1 is 1.15 bits per heavy atom. The molecule has 2 fully saturated rings. The van der Waals surface area contributed by atoms with Crippen LogP contribution in [0, 0.1) is 22.5 Å². The molecule has 3 aliphatic heterocycles. The highest BCUT2D eigenvalue weighted by atomic mass is 16.6. The van der Waals surface area contributed by atoms with Gasteiger partial charge in [-0.25, -0.2) is 9.69 Å². The summed E-state index contributed by atoms with van der Waals surface area (Å²) in [6.07, 6.45) is -0.803. The van der Waals surface area contributed by atoms with Gasteiger partial charge in [-0.1, -0.05) is 12.1 Å². The molecule has 2 aromatic carbocycles. The largest absolute Gasteiger partial charge is 0.372 e. The lowest BCUT2D eigenvalue weighted by Crippen LogP contribution is -2.76. The maximum Gasteiger partial charge on any atom is 0.335 e. The lowest BCUT2D eigenvalue weighted by molar-refractivity contribution is -0.384. The van der Waals surface area contributed by atoms with Crippen molar-refractivity contribution in [2.75, 3.05) is 16.3 Å². The smallest absolute Gasteiger partial charge is 0.335 e. The van der Waals surface area contributed by atoms with Crippen molar-refractivity contribution in [2.24, 2.45) is 5.41 Å². The van der Waals surface area contributed by atoms with Gasteiger partial charge in [-0.15, -0.1) is 0 Å². The van der Waals surface area contributed by atoms with Crippen molar-refractivity contribution >= 4 is 34.9 Å². The predicted molar refractivity (Wildman–Crippen MR) is 123 cm³/mol. The number of urea groups is 1. The van der Waals surface area contributed by atoms with E-state index in [0.717, 1.165) is 16.2 Å². The monoisotopic (exact) mass is 464 g/mol. The number of nitro benzene ring substituents is 1. The molecular formula is C24H24N4O6. The summed E-state index contributed by atoms with van der Waals surface area (Å²) < 4.78 is 6.06. The SMILES string of the molecule is Cc1cccc(N2C(=O)NC(=O)[C@]3(Cc4cc([N+](=O)[O-])ccc4N4C[C@H](C)O[C@@H](C)[C@@H]43)C2=O)c1. The number of nitrogens with one attached hydrogen (secondary N) is 1. The number of amides is 4. The Morgan fingerprint density at radius 3 is 2.62 bits per heavy atom. The molecule has 2 aromatic rings. The quantitative estimate of drug-likeness (QED) is 0.412. The van der Waals surface area contributed by atoms with E-state index in [-0.39, 0.29) is 18.2 Å². The van der Waals surface area contributed by atoms with E-state index >= 15 is 0 Å². The Balaban J connectivity index is 1.71. The number of ether oxygens (including phenoxy) is 1. The molecule has 10 heteroatoms. The van der Waals surface area contributed by atoms with E-state index in [4.69, 9.17) is 4.74 Å². The van der Waals surface area contributed by atoms with Gasteiger partial charge >= 0.3 is 6.03 Å². The molecule has 34 heavy (non-hydrogen) atoms. The van der Waals surface area contributed by atoms with Crippen LogP contribution in [0.3, 0.4) is 0 Å². The predicted octanol–water partition coefficient (Wildman–Crippen LogP) is 2.71. The number of hydrogen-bond acceptors (Lipinski definition) is 7. The molecule has 10 nitrogen and oxygen atoms in total. The Labute approximate surface area is 195 Å². The fraction of sp³-hybridized carbons (Fsp3) is 0.375. The number of fused-ring (bicyclic) bond motifs is 4. The van der Waals surface area contributed by atoms with Crippen molar-refractivity contribution in [3.8, 4) is 0 Å². The molecule has 2 saturated heterocycles. The zero-order valence-electron chi connectivity index (χ0n) is 19.0. The number of nitro groups is 1. The van der Waals surface area contributed by atoms with Crippen molar-refractivity contribution in [1.82, 2.24) is 5.32 Å². The zero-order valence-corrected chi connectivity index (χ0v) is 19.0. The van der Waals surface area contributed by atoms with Gasteiger partial charge in [-0.3, -0.25) is 25.0 Å². The minimum Gasteiger partial charge on any atom is -0.372 e. The standard InChI is InChI=1S/C24H24N4O6/c1-13-5-4-6-17(9-13)27-22(30)24(21(29)25-23(27)31)11-16-10-18(28(32)33)7-8-19(16)26-12-14(2)34-15(3)20(24)26/h4-10,14-15,20H,11-12H2,1-3H3,(H,25,29,31)/t14-,15-,20+,24+/m0/s1. The van der Waals surface area contributed by atoms with Gasteiger partial charge in [0.2, 0.25) is 5.91 Å². The first-order valence-electron chi connectivity index (χ1n) is 11.1. The summed E-state index contributed by atoms with van der Waals surface area (Å²) in [5, 5.41) is 13.8. The van der Waals surface area contributed by atoms with Gasteiger partial charge in [0.1, 0.15) is 0 Å². The fourth-order valence-electron chi connectivity index (χ4n) is 5.63. The van der Waals surface area contributed by atoms with Gasteiger partial charge < -0.3 is 9.64 Å². The molecule has 5 rings (SSSR count). The average molecular weight is 464 g/mol. The molecule has 0 radical (unpaired) electrons. The molecule has 1 spiro atoms. The number of carbonyl (C=O) groups is 3. The van der Waals surface area contributed by atoms with E-state index in [1.54, 1.807) is 31.2 Å². The second-order valence-electron chi connectivity index (χ2n) is 9.21. The first-order valence-corrected chi connectivity index (χ1v) is 11.1. The average Bonchev–Trinajstić information content (AvgIpc) is 2.77. The molecule has 0 aliphatic carbocycles. The highest BCUT2D eigenvalue weighted by Crippen LogP contribution is 2.48. The van der Waals surface area contributed by atoms with Crippen molar-refractivity contribution in [1.29, 1.82) is 0 Å². The Morgan fingerprint density at radius 2 is 1.91 bits per heavy atom. The number of anilines is 2. The van der Waals surface area contributed by atoms with E-state index < -0.39 is 40.3 Å². The van der Waals surface area contributed by atoms with Crippen molar-refractivity contribution in [3.63, 3.8) is 0 Å². The Kier molecular flexibility index (Phi) is 4.94. The maximum absolute atomic E-state index is 14.2. The number of nitrogens with zero attached hydrogens (tertiary/aromatic N) is 3. The summed E-state index contributed by atoms with van der Waals surface area (Å²) in [6, 6.07) is 9.87. The van der Waals surface area contributed by atoms with Crippen LogP contribution in [0.15, 0.2) is 42.5 Å². The van der Waals surface area contributed by atoms with Gasteiger partial charge in [0.05, 0.1) is 28.9 Å². The van der Waals surface area contributed by atoms with E-state index in [0.29, 0.717) is 17.8 Å². The molecule has 0 aromatic heterocycles.